The lowest BCUT2D eigenvalue weighted by Gasteiger charge is -2.46. The summed E-state index contributed by atoms with van der Waals surface area (Å²) in [7, 11) is 1.70. The molecule has 3 nitrogen and oxygen atoms in total. The van der Waals surface area contributed by atoms with Gasteiger partial charge in [0.2, 0.25) is 0 Å². The van der Waals surface area contributed by atoms with Crippen LogP contribution in [0.3, 0.4) is 0 Å². The van der Waals surface area contributed by atoms with E-state index >= 15 is 0 Å². The molecule has 2 aromatic carbocycles. The molecule has 0 unspecified atom stereocenters. The van der Waals surface area contributed by atoms with Crippen molar-refractivity contribution in [1.29, 1.82) is 0 Å². The Balaban J connectivity index is 2.06. The molecule has 1 fully saturated rings. The van der Waals surface area contributed by atoms with E-state index in [2.05, 4.69) is 29.2 Å². The topological polar surface area (TPSA) is 29.5 Å². The molecule has 120 valence electrons. The number of carbonyl (C=O) groups is 1. The fraction of sp³-hybridized carbons (Fsp3) is 0.350. The van der Waals surface area contributed by atoms with Crippen LogP contribution in [0.1, 0.15) is 24.9 Å². The highest BCUT2D eigenvalue weighted by Crippen LogP contribution is 2.39. The molecule has 0 radical (unpaired) electrons. The summed E-state index contributed by atoms with van der Waals surface area (Å²) in [6.07, 6.45) is 0.542. The minimum absolute atomic E-state index is 0.0323. The molecule has 2 aromatic rings. The molecule has 0 saturated carbocycles. The molecular weight excluding hydrogens is 286 g/mol. The second-order valence-electron chi connectivity index (χ2n) is 6.15. The molecule has 0 N–H and O–H groups in total. The molecule has 1 aliphatic rings. The van der Waals surface area contributed by atoms with Crippen molar-refractivity contribution in [2.24, 2.45) is 5.92 Å². The van der Waals surface area contributed by atoms with Gasteiger partial charge in [-0.1, -0.05) is 55.5 Å². The van der Waals surface area contributed by atoms with Gasteiger partial charge in [-0.25, -0.2) is 0 Å². The number of piperidine rings is 1. The predicted molar refractivity (Wildman–Crippen MR) is 92.6 cm³/mol. The zero-order valence-corrected chi connectivity index (χ0v) is 13.7. The third-order valence-corrected chi connectivity index (χ3v) is 4.75. The van der Waals surface area contributed by atoms with E-state index in [1.165, 1.54) is 5.56 Å². The number of methoxy groups -OCH3 is 1. The molecule has 1 saturated heterocycles. The van der Waals surface area contributed by atoms with Crippen molar-refractivity contribution in [2.45, 2.75) is 25.4 Å². The number of nitrogens with zero attached hydrogens (tertiary/aromatic N) is 1. The fourth-order valence-corrected chi connectivity index (χ4v) is 3.48. The lowest BCUT2D eigenvalue weighted by Crippen LogP contribution is -2.52. The van der Waals surface area contributed by atoms with Crippen LogP contribution in [0.4, 0.5) is 5.69 Å². The van der Waals surface area contributed by atoms with Crippen molar-refractivity contribution in [3.05, 3.63) is 66.2 Å². The first-order valence-electron chi connectivity index (χ1n) is 8.12. The van der Waals surface area contributed by atoms with E-state index in [1.54, 1.807) is 7.11 Å². The monoisotopic (exact) mass is 309 g/mol. The maximum atomic E-state index is 12.6. The molecular formula is C20H23NO2. The molecule has 0 bridgehead atoms. The van der Waals surface area contributed by atoms with Gasteiger partial charge in [-0.3, -0.25) is 4.79 Å². The van der Waals surface area contributed by atoms with Crippen LogP contribution in [-0.4, -0.2) is 25.5 Å². The van der Waals surface area contributed by atoms with Gasteiger partial charge < -0.3 is 9.64 Å². The molecule has 1 heterocycles. The Morgan fingerprint density at radius 2 is 1.65 bits per heavy atom. The summed E-state index contributed by atoms with van der Waals surface area (Å²) < 4.78 is 5.44. The summed E-state index contributed by atoms with van der Waals surface area (Å²) in [4.78, 5) is 14.9. The smallest absolute Gasteiger partial charge is 0.140 e. The number of anilines is 1. The van der Waals surface area contributed by atoms with Gasteiger partial charge in [-0.15, -0.1) is 0 Å². The fourth-order valence-electron chi connectivity index (χ4n) is 3.48. The zero-order valence-electron chi connectivity index (χ0n) is 13.7. The van der Waals surface area contributed by atoms with Crippen LogP contribution in [0.25, 0.3) is 0 Å². The molecule has 3 rings (SSSR count). The summed E-state index contributed by atoms with van der Waals surface area (Å²) in [6.45, 7) is 2.56. The number of benzene rings is 2. The van der Waals surface area contributed by atoms with Crippen LogP contribution in [0.15, 0.2) is 60.7 Å². The van der Waals surface area contributed by atoms with Crippen LogP contribution in [0.5, 0.6) is 0 Å². The summed E-state index contributed by atoms with van der Waals surface area (Å²) in [5.74, 6) is 0.281. The largest absolute Gasteiger partial charge is 0.383 e. The van der Waals surface area contributed by atoms with E-state index in [0.29, 0.717) is 18.8 Å². The maximum absolute atomic E-state index is 12.6. The van der Waals surface area contributed by atoms with Crippen molar-refractivity contribution >= 4 is 11.5 Å². The standard InChI is InChI=1S/C20H23NO2/c1-15-19(14-23-2)21(17-11-7-4-8-12-17)18(13-20(15)22)16-9-5-3-6-10-16/h3-12,15,18-19H,13-14H2,1-2H3/t15-,18+,19-/m1/s1. The Morgan fingerprint density at radius 3 is 2.26 bits per heavy atom. The molecule has 1 aliphatic heterocycles. The lowest BCUT2D eigenvalue weighted by atomic mass is 9.82. The number of hydrogen-bond acceptors (Lipinski definition) is 3. The van der Waals surface area contributed by atoms with Gasteiger partial charge >= 0.3 is 0 Å². The second-order valence-corrected chi connectivity index (χ2v) is 6.15. The molecule has 0 aliphatic carbocycles. The van der Waals surface area contributed by atoms with Crippen molar-refractivity contribution in [3.8, 4) is 0 Å². The van der Waals surface area contributed by atoms with E-state index in [1.807, 2.05) is 43.3 Å². The van der Waals surface area contributed by atoms with Crippen LogP contribution in [0, 0.1) is 5.92 Å². The summed E-state index contributed by atoms with van der Waals surface area (Å²) in [5.41, 5.74) is 2.32. The zero-order chi connectivity index (χ0) is 16.2. The first-order valence-corrected chi connectivity index (χ1v) is 8.12. The molecule has 0 amide bonds. The number of hydrogen-bond donors (Lipinski definition) is 0. The van der Waals surface area contributed by atoms with Crippen LogP contribution in [-0.2, 0) is 9.53 Å². The normalized spacial score (nSPS) is 24.7. The van der Waals surface area contributed by atoms with E-state index in [4.69, 9.17) is 4.74 Å². The summed E-state index contributed by atoms with van der Waals surface area (Å²) >= 11 is 0. The summed E-state index contributed by atoms with van der Waals surface area (Å²) in [5, 5.41) is 0. The van der Waals surface area contributed by atoms with Crippen molar-refractivity contribution in [3.63, 3.8) is 0 Å². The van der Waals surface area contributed by atoms with Crippen molar-refractivity contribution < 1.29 is 9.53 Å². The number of ketones is 1. The summed E-state index contributed by atoms with van der Waals surface area (Å²) in [6, 6.07) is 20.7. The highest BCUT2D eigenvalue weighted by molar-refractivity contribution is 5.85. The quantitative estimate of drug-likeness (QED) is 0.859. The first kappa shape index (κ1) is 15.8. The number of Topliss-reactive ketones (excluding diaryl/α,β-unsaturated/α-hetero) is 1. The van der Waals surface area contributed by atoms with Gasteiger partial charge in [-0.2, -0.15) is 0 Å². The molecule has 3 heteroatoms. The average Bonchev–Trinajstić information content (AvgIpc) is 2.60. The third-order valence-electron chi connectivity index (χ3n) is 4.75. The number of ether oxygens (including phenoxy) is 1. The van der Waals surface area contributed by atoms with Gasteiger partial charge in [0.25, 0.3) is 0 Å². The minimum atomic E-state index is -0.0323. The van der Waals surface area contributed by atoms with Gasteiger partial charge in [0.15, 0.2) is 0 Å². The molecule has 23 heavy (non-hydrogen) atoms. The van der Waals surface area contributed by atoms with E-state index in [-0.39, 0.29) is 18.0 Å². The molecule has 0 spiro atoms. The minimum Gasteiger partial charge on any atom is -0.383 e. The average molecular weight is 309 g/mol. The Labute approximate surface area is 137 Å². The number of rotatable bonds is 4. The molecule has 0 aromatic heterocycles. The van der Waals surface area contributed by atoms with E-state index in [9.17, 15) is 4.79 Å². The third kappa shape index (κ3) is 3.15. The van der Waals surface area contributed by atoms with Gasteiger partial charge in [0.05, 0.1) is 18.7 Å². The predicted octanol–water partition coefficient (Wildman–Crippen LogP) is 3.86. The first-order chi connectivity index (χ1) is 11.2. The van der Waals surface area contributed by atoms with Crippen molar-refractivity contribution in [1.82, 2.24) is 0 Å². The van der Waals surface area contributed by atoms with Crippen molar-refractivity contribution in [2.75, 3.05) is 18.6 Å². The van der Waals surface area contributed by atoms with Gasteiger partial charge in [0.1, 0.15) is 5.78 Å². The highest BCUT2D eigenvalue weighted by atomic mass is 16.5. The number of para-hydroxylation sites is 1. The SMILES string of the molecule is COC[C@@H]1[C@@H](C)C(=O)C[C@@H](c2ccccc2)N1c1ccccc1. The van der Waals surface area contributed by atoms with E-state index < -0.39 is 0 Å². The van der Waals surface area contributed by atoms with Crippen LogP contribution >= 0.6 is 0 Å². The van der Waals surface area contributed by atoms with Crippen LogP contribution in [0.2, 0.25) is 0 Å². The molecule has 3 atom stereocenters. The van der Waals surface area contributed by atoms with Crippen LogP contribution < -0.4 is 4.90 Å². The highest BCUT2D eigenvalue weighted by Gasteiger charge is 2.40. The Hall–Kier alpha value is -2.13. The number of carbonyl (C=O) groups excluding carboxylic acids is 1. The van der Waals surface area contributed by atoms with Gasteiger partial charge in [0, 0.05) is 25.1 Å². The van der Waals surface area contributed by atoms with E-state index in [0.717, 1.165) is 5.69 Å². The lowest BCUT2D eigenvalue weighted by molar-refractivity contribution is -0.125. The Kier molecular flexibility index (Phi) is 4.77. The Morgan fingerprint density at radius 1 is 1.04 bits per heavy atom. The van der Waals surface area contributed by atoms with Gasteiger partial charge in [-0.05, 0) is 17.7 Å². The second kappa shape index (κ2) is 6.97. The maximum Gasteiger partial charge on any atom is 0.140 e. The Bertz CT molecular complexity index is 641.